The molecular formula is C17H20N6O2. The molecule has 4 heterocycles. The van der Waals surface area contributed by atoms with Crippen molar-refractivity contribution < 1.29 is 9.21 Å². The van der Waals surface area contributed by atoms with Gasteiger partial charge in [0.15, 0.2) is 5.65 Å². The molecular weight excluding hydrogens is 320 g/mol. The first kappa shape index (κ1) is 15.6. The standard InChI is InChI=1S/C17H20N6O2/c1-11-8-12(9-23-14(11)20-13(21-23)15(24)18-3)22-6-4-17(2,10-22)16-19-5-7-25-16/h5,7-9H,4,6,10H2,1-3H3,(H,18,24). The van der Waals surface area contributed by atoms with Crippen molar-refractivity contribution in [1.29, 1.82) is 0 Å². The Morgan fingerprint density at radius 3 is 3.00 bits per heavy atom. The van der Waals surface area contributed by atoms with Crippen LogP contribution in [0.2, 0.25) is 0 Å². The van der Waals surface area contributed by atoms with Crippen molar-refractivity contribution >= 4 is 17.2 Å². The molecule has 25 heavy (non-hydrogen) atoms. The van der Waals surface area contributed by atoms with E-state index in [1.165, 1.54) is 0 Å². The number of anilines is 1. The number of nitrogens with one attached hydrogen (secondary N) is 1. The first-order valence-corrected chi connectivity index (χ1v) is 8.24. The lowest BCUT2D eigenvalue weighted by molar-refractivity contribution is 0.0953. The van der Waals surface area contributed by atoms with E-state index in [-0.39, 0.29) is 17.1 Å². The van der Waals surface area contributed by atoms with Crippen LogP contribution in [0.15, 0.2) is 29.1 Å². The van der Waals surface area contributed by atoms with E-state index < -0.39 is 0 Å². The number of hydrogen-bond acceptors (Lipinski definition) is 6. The van der Waals surface area contributed by atoms with Crippen LogP contribution in [0, 0.1) is 6.92 Å². The number of aromatic nitrogens is 4. The molecule has 0 radical (unpaired) electrons. The lowest BCUT2D eigenvalue weighted by Gasteiger charge is -2.23. The van der Waals surface area contributed by atoms with Gasteiger partial charge in [0.1, 0.15) is 6.26 Å². The highest BCUT2D eigenvalue weighted by Gasteiger charge is 2.39. The van der Waals surface area contributed by atoms with Gasteiger partial charge in [-0.25, -0.2) is 14.5 Å². The quantitative estimate of drug-likeness (QED) is 0.778. The first-order valence-electron chi connectivity index (χ1n) is 8.24. The van der Waals surface area contributed by atoms with Crippen LogP contribution < -0.4 is 10.2 Å². The molecule has 1 atom stereocenters. The maximum atomic E-state index is 11.8. The lowest BCUT2D eigenvalue weighted by atomic mass is 9.90. The maximum absolute atomic E-state index is 11.8. The molecule has 0 aromatic carbocycles. The summed E-state index contributed by atoms with van der Waals surface area (Å²) in [6.45, 7) is 5.87. The van der Waals surface area contributed by atoms with Gasteiger partial charge in [-0.3, -0.25) is 4.79 Å². The van der Waals surface area contributed by atoms with Crippen molar-refractivity contribution in [3.05, 3.63) is 42.0 Å². The second-order valence-electron chi connectivity index (χ2n) is 6.73. The number of pyridine rings is 1. The molecule has 1 aliphatic heterocycles. The lowest BCUT2D eigenvalue weighted by Crippen LogP contribution is -2.28. The molecule has 8 heteroatoms. The number of carbonyl (C=O) groups is 1. The molecule has 0 saturated carbocycles. The summed E-state index contributed by atoms with van der Waals surface area (Å²) < 4.78 is 7.21. The van der Waals surface area contributed by atoms with Gasteiger partial charge in [-0.2, -0.15) is 0 Å². The number of hydrogen-bond donors (Lipinski definition) is 1. The monoisotopic (exact) mass is 340 g/mol. The van der Waals surface area contributed by atoms with Gasteiger partial charge in [0.25, 0.3) is 5.91 Å². The molecule has 0 bridgehead atoms. The zero-order valence-corrected chi connectivity index (χ0v) is 14.5. The number of oxazole rings is 1. The molecule has 4 rings (SSSR count). The summed E-state index contributed by atoms with van der Waals surface area (Å²) in [5, 5.41) is 6.85. The Morgan fingerprint density at radius 1 is 1.44 bits per heavy atom. The van der Waals surface area contributed by atoms with Gasteiger partial charge in [-0.1, -0.05) is 0 Å². The average molecular weight is 340 g/mol. The van der Waals surface area contributed by atoms with Gasteiger partial charge in [0.05, 0.1) is 23.5 Å². The Morgan fingerprint density at radius 2 is 2.28 bits per heavy atom. The highest BCUT2D eigenvalue weighted by molar-refractivity contribution is 5.90. The third-order valence-electron chi connectivity index (χ3n) is 4.82. The molecule has 3 aromatic heterocycles. The Labute approximate surface area is 144 Å². The van der Waals surface area contributed by atoms with Crippen molar-refractivity contribution in [2.45, 2.75) is 25.7 Å². The minimum Gasteiger partial charge on any atom is -0.448 e. The summed E-state index contributed by atoms with van der Waals surface area (Å²) in [4.78, 5) is 22.7. The number of fused-ring (bicyclic) bond motifs is 1. The highest BCUT2D eigenvalue weighted by Crippen LogP contribution is 2.36. The van der Waals surface area contributed by atoms with Crippen molar-refractivity contribution in [2.75, 3.05) is 25.0 Å². The van der Waals surface area contributed by atoms with E-state index in [1.807, 2.05) is 13.1 Å². The van der Waals surface area contributed by atoms with E-state index in [2.05, 4.69) is 38.3 Å². The predicted octanol–water partition coefficient (Wildman–Crippen LogP) is 1.55. The normalized spacial score (nSPS) is 20.4. The fourth-order valence-electron chi connectivity index (χ4n) is 3.39. The summed E-state index contributed by atoms with van der Waals surface area (Å²) in [6, 6.07) is 2.08. The zero-order chi connectivity index (χ0) is 17.6. The van der Waals surface area contributed by atoms with E-state index in [1.54, 1.807) is 24.0 Å². The first-order chi connectivity index (χ1) is 12.0. The second-order valence-corrected chi connectivity index (χ2v) is 6.73. The number of rotatable bonds is 3. The van der Waals surface area contributed by atoms with Crippen molar-refractivity contribution in [3.8, 4) is 0 Å². The molecule has 1 unspecified atom stereocenters. The van der Waals surface area contributed by atoms with Gasteiger partial charge < -0.3 is 14.6 Å². The molecule has 1 fully saturated rings. The van der Waals surface area contributed by atoms with E-state index in [0.29, 0.717) is 5.65 Å². The van der Waals surface area contributed by atoms with Crippen molar-refractivity contribution in [2.24, 2.45) is 0 Å². The van der Waals surface area contributed by atoms with E-state index in [0.717, 1.165) is 36.7 Å². The zero-order valence-electron chi connectivity index (χ0n) is 14.5. The summed E-state index contributed by atoms with van der Waals surface area (Å²) in [6.07, 6.45) is 6.19. The Hall–Kier alpha value is -2.90. The van der Waals surface area contributed by atoms with Crippen LogP contribution in [0.4, 0.5) is 5.69 Å². The van der Waals surface area contributed by atoms with Crippen LogP contribution in [0.5, 0.6) is 0 Å². The highest BCUT2D eigenvalue weighted by atomic mass is 16.3. The van der Waals surface area contributed by atoms with E-state index in [9.17, 15) is 4.79 Å². The number of carbonyl (C=O) groups excluding carboxylic acids is 1. The van der Waals surface area contributed by atoms with Gasteiger partial charge in [-0.15, -0.1) is 5.10 Å². The largest absolute Gasteiger partial charge is 0.448 e. The Balaban J connectivity index is 1.67. The second kappa shape index (κ2) is 5.58. The molecule has 1 saturated heterocycles. The molecule has 0 spiro atoms. The smallest absolute Gasteiger partial charge is 0.290 e. The number of nitrogens with zero attached hydrogens (tertiary/aromatic N) is 5. The third-order valence-corrected chi connectivity index (χ3v) is 4.82. The molecule has 8 nitrogen and oxygen atoms in total. The number of aryl methyl sites for hydroxylation is 1. The Kier molecular flexibility index (Phi) is 3.48. The summed E-state index contributed by atoms with van der Waals surface area (Å²) >= 11 is 0. The minimum atomic E-state index is -0.290. The fourth-order valence-corrected chi connectivity index (χ4v) is 3.39. The number of amides is 1. The molecule has 3 aromatic rings. The van der Waals surface area contributed by atoms with Crippen LogP contribution >= 0.6 is 0 Å². The van der Waals surface area contributed by atoms with Crippen LogP contribution in [-0.4, -0.2) is 45.6 Å². The van der Waals surface area contributed by atoms with Crippen LogP contribution in [0.25, 0.3) is 5.65 Å². The van der Waals surface area contributed by atoms with E-state index in [4.69, 9.17) is 4.42 Å². The molecule has 1 amide bonds. The van der Waals surface area contributed by atoms with Crippen LogP contribution in [0.1, 0.15) is 35.4 Å². The van der Waals surface area contributed by atoms with E-state index >= 15 is 0 Å². The summed E-state index contributed by atoms with van der Waals surface area (Å²) in [7, 11) is 1.57. The van der Waals surface area contributed by atoms with Gasteiger partial charge in [0.2, 0.25) is 11.7 Å². The average Bonchev–Trinajstić information content (AvgIpc) is 3.33. The predicted molar refractivity (Wildman–Crippen MR) is 91.8 cm³/mol. The molecule has 0 aliphatic carbocycles. The molecule has 1 aliphatic rings. The van der Waals surface area contributed by atoms with Crippen molar-refractivity contribution in [3.63, 3.8) is 0 Å². The van der Waals surface area contributed by atoms with Crippen LogP contribution in [-0.2, 0) is 5.41 Å². The summed E-state index contributed by atoms with van der Waals surface area (Å²) in [5.74, 6) is 0.659. The Bertz CT molecular complexity index is 932. The fraction of sp³-hybridized carbons (Fsp3) is 0.412. The minimum absolute atomic E-state index is 0.109. The SMILES string of the molecule is CNC(=O)c1nc2c(C)cc(N3CCC(C)(c4ncco4)C3)cn2n1. The van der Waals surface area contributed by atoms with Crippen molar-refractivity contribution in [1.82, 2.24) is 24.9 Å². The van der Waals surface area contributed by atoms with Crippen LogP contribution in [0.3, 0.4) is 0 Å². The van der Waals surface area contributed by atoms with Gasteiger partial charge >= 0.3 is 0 Å². The maximum Gasteiger partial charge on any atom is 0.290 e. The summed E-state index contributed by atoms with van der Waals surface area (Å²) in [5.41, 5.74) is 2.61. The van der Waals surface area contributed by atoms with Gasteiger partial charge in [0, 0.05) is 20.1 Å². The van der Waals surface area contributed by atoms with Gasteiger partial charge in [-0.05, 0) is 31.9 Å². The molecule has 1 N–H and O–H groups in total. The topological polar surface area (TPSA) is 88.6 Å². The third kappa shape index (κ3) is 2.54. The molecule has 130 valence electrons.